The summed E-state index contributed by atoms with van der Waals surface area (Å²) in [4.78, 5) is 16.7. The summed E-state index contributed by atoms with van der Waals surface area (Å²) in [6.07, 6.45) is 1.60. The Morgan fingerprint density at radius 3 is 2.61 bits per heavy atom. The lowest BCUT2D eigenvalue weighted by molar-refractivity contribution is 0.208. The maximum atomic E-state index is 12.7. The van der Waals surface area contributed by atoms with E-state index in [2.05, 4.69) is 20.4 Å². The summed E-state index contributed by atoms with van der Waals surface area (Å²) in [5, 5.41) is 16.1. The van der Waals surface area contributed by atoms with Gasteiger partial charge >= 0.3 is 6.03 Å². The molecule has 2 amide bonds. The van der Waals surface area contributed by atoms with Crippen molar-refractivity contribution in [3.63, 3.8) is 0 Å². The van der Waals surface area contributed by atoms with Crippen molar-refractivity contribution in [3.8, 4) is 11.6 Å². The molecule has 1 fully saturated rings. The summed E-state index contributed by atoms with van der Waals surface area (Å²) in [6.45, 7) is 6.68. The molecule has 1 aliphatic heterocycles. The highest BCUT2D eigenvalue weighted by Gasteiger charge is 2.23. The number of carbonyl (C=O) groups excluding carboxylic acids is 1. The van der Waals surface area contributed by atoms with Gasteiger partial charge in [0.15, 0.2) is 11.4 Å². The fraction of sp³-hybridized carbons (Fsp3) is 0.273. The van der Waals surface area contributed by atoms with Gasteiger partial charge in [0, 0.05) is 31.9 Å². The molecule has 1 saturated heterocycles. The first-order valence-electron chi connectivity index (χ1n) is 10.2. The summed E-state index contributed by atoms with van der Waals surface area (Å²) in [6, 6.07) is 13.3. The predicted molar refractivity (Wildman–Crippen MR) is 117 cm³/mol. The zero-order valence-electron chi connectivity index (χ0n) is 17.4. The summed E-state index contributed by atoms with van der Waals surface area (Å²) in [7, 11) is 0. The molecule has 1 N–H and O–H groups in total. The van der Waals surface area contributed by atoms with E-state index in [4.69, 9.17) is 9.52 Å². The van der Waals surface area contributed by atoms with E-state index in [1.165, 1.54) is 0 Å². The Kier molecular flexibility index (Phi) is 4.78. The molecule has 1 aromatic carbocycles. The van der Waals surface area contributed by atoms with Crippen LogP contribution in [0.4, 0.5) is 16.3 Å². The normalized spacial score (nSPS) is 14.3. The Morgan fingerprint density at radius 1 is 1.00 bits per heavy atom. The highest BCUT2D eigenvalue weighted by atomic mass is 16.3. The zero-order valence-corrected chi connectivity index (χ0v) is 17.4. The van der Waals surface area contributed by atoms with E-state index >= 15 is 0 Å². The monoisotopic (exact) mass is 417 g/mol. The fourth-order valence-electron chi connectivity index (χ4n) is 3.73. The van der Waals surface area contributed by atoms with Crippen molar-refractivity contribution in [2.24, 2.45) is 0 Å². The molecule has 0 saturated carbocycles. The van der Waals surface area contributed by atoms with Crippen LogP contribution in [-0.4, -0.2) is 56.9 Å². The molecule has 0 atom stereocenters. The third kappa shape index (κ3) is 3.58. The first kappa shape index (κ1) is 19.1. The zero-order chi connectivity index (χ0) is 21.4. The van der Waals surface area contributed by atoms with Crippen LogP contribution in [0.2, 0.25) is 0 Å². The van der Waals surface area contributed by atoms with Crippen LogP contribution in [0.25, 0.3) is 17.2 Å². The van der Waals surface area contributed by atoms with Crippen molar-refractivity contribution in [3.05, 3.63) is 59.9 Å². The third-order valence-electron chi connectivity index (χ3n) is 5.73. The largest absolute Gasteiger partial charge is 0.461 e. The number of carbonyl (C=O) groups is 1. The molecule has 0 radical (unpaired) electrons. The topological polar surface area (TPSA) is 91.8 Å². The third-order valence-corrected chi connectivity index (χ3v) is 5.73. The average molecular weight is 417 g/mol. The minimum absolute atomic E-state index is 0.0734. The van der Waals surface area contributed by atoms with Gasteiger partial charge in [-0.1, -0.05) is 12.1 Å². The first-order chi connectivity index (χ1) is 15.1. The van der Waals surface area contributed by atoms with Crippen molar-refractivity contribution < 1.29 is 9.21 Å². The van der Waals surface area contributed by atoms with Crippen LogP contribution < -0.4 is 10.2 Å². The van der Waals surface area contributed by atoms with Crippen LogP contribution in [0, 0.1) is 13.8 Å². The molecule has 9 heteroatoms. The summed E-state index contributed by atoms with van der Waals surface area (Å²) < 4.78 is 7.14. The summed E-state index contributed by atoms with van der Waals surface area (Å²) in [5.74, 6) is 1.99. The number of benzene rings is 1. The minimum atomic E-state index is -0.0734. The lowest BCUT2D eigenvalue weighted by Crippen LogP contribution is -2.50. The standard InChI is InChI=1S/C22H23N7O2/c1-15-5-3-6-17(16(15)2)23-22(30)28-12-10-27(11-13-28)20-9-8-19-24-25-21(29(19)26-20)18-7-4-14-31-18/h3-9,14H,10-13H2,1-2H3,(H,23,30). The molecule has 5 rings (SSSR count). The number of hydrogen-bond donors (Lipinski definition) is 1. The van der Waals surface area contributed by atoms with Crippen LogP contribution in [0.15, 0.2) is 53.1 Å². The van der Waals surface area contributed by atoms with E-state index in [-0.39, 0.29) is 6.03 Å². The van der Waals surface area contributed by atoms with Gasteiger partial charge in [0.25, 0.3) is 0 Å². The molecule has 31 heavy (non-hydrogen) atoms. The number of aryl methyl sites for hydroxylation is 1. The smallest absolute Gasteiger partial charge is 0.321 e. The van der Waals surface area contributed by atoms with Crippen molar-refractivity contribution in [1.29, 1.82) is 0 Å². The second-order valence-corrected chi connectivity index (χ2v) is 7.61. The van der Waals surface area contributed by atoms with Gasteiger partial charge in [0.2, 0.25) is 5.82 Å². The van der Waals surface area contributed by atoms with E-state index in [1.54, 1.807) is 10.8 Å². The van der Waals surface area contributed by atoms with Gasteiger partial charge in [-0.3, -0.25) is 0 Å². The van der Waals surface area contributed by atoms with E-state index in [9.17, 15) is 4.79 Å². The number of urea groups is 1. The molecule has 9 nitrogen and oxygen atoms in total. The van der Waals surface area contributed by atoms with Gasteiger partial charge in [-0.05, 0) is 55.3 Å². The molecule has 4 aromatic rings. The van der Waals surface area contributed by atoms with Crippen molar-refractivity contribution in [2.45, 2.75) is 13.8 Å². The fourth-order valence-corrected chi connectivity index (χ4v) is 3.73. The average Bonchev–Trinajstić information content (AvgIpc) is 3.46. The molecule has 4 heterocycles. The highest BCUT2D eigenvalue weighted by molar-refractivity contribution is 5.90. The Morgan fingerprint density at radius 2 is 1.84 bits per heavy atom. The Bertz CT molecular complexity index is 1220. The second-order valence-electron chi connectivity index (χ2n) is 7.61. The van der Waals surface area contributed by atoms with E-state index < -0.39 is 0 Å². The lowest BCUT2D eigenvalue weighted by Gasteiger charge is -2.35. The molecular formula is C22H23N7O2. The van der Waals surface area contributed by atoms with Crippen LogP contribution in [0.3, 0.4) is 0 Å². The summed E-state index contributed by atoms with van der Waals surface area (Å²) >= 11 is 0. The Labute approximate surface area is 179 Å². The number of hydrogen-bond acceptors (Lipinski definition) is 6. The molecule has 0 bridgehead atoms. The number of furan rings is 1. The number of fused-ring (bicyclic) bond motifs is 1. The maximum absolute atomic E-state index is 12.7. The molecule has 158 valence electrons. The van der Waals surface area contributed by atoms with Gasteiger partial charge in [0.1, 0.15) is 5.82 Å². The van der Waals surface area contributed by atoms with Gasteiger partial charge in [0.05, 0.1) is 6.26 Å². The van der Waals surface area contributed by atoms with Gasteiger partial charge < -0.3 is 19.5 Å². The van der Waals surface area contributed by atoms with E-state index in [0.717, 1.165) is 22.6 Å². The number of amides is 2. The van der Waals surface area contributed by atoms with Gasteiger partial charge in [-0.25, -0.2) is 4.79 Å². The predicted octanol–water partition coefficient (Wildman–Crippen LogP) is 3.36. The maximum Gasteiger partial charge on any atom is 0.321 e. The first-order valence-corrected chi connectivity index (χ1v) is 10.2. The van der Waals surface area contributed by atoms with Crippen molar-refractivity contribution in [1.82, 2.24) is 24.7 Å². The van der Waals surface area contributed by atoms with Gasteiger partial charge in [-0.2, -0.15) is 4.52 Å². The Balaban J connectivity index is 1.28. The van der Waals surface area contributed by atoms with E-state index in [0.29, 0.717) is 43.4 Å². The molecular weight excluding hydrogens is 394 g/mol. The molecule has 0 unspecified atom stereocenters. The summed E-state index contributed by atoms with van der Waals surface area (Å²) in [5.41, 5.74) is 3.76. The van der Waals surface area contributed by atoms with Crippen LogP contribution in [0.5, 0.6) is 0 Å². The lowest BCUT2D eigenvalue weighted by atomic mass is 10.1. The number of nitrogens with one attached hydrogen (secondary N) is 1. The second kappa shape index (κ2) is 7.75. The molecule has 0 aliphatic carbocycles. The van der Waals surface area contributed by atoms with Gasteiger partial charge in [-0.15, -0.1) is 15.3 Å². The molecule has 3 aromatic heterocycles. The van der Waals surface area contributed by atoms with Crippen molar-refractivity contribution in [2.75, 3.05) is 36.4 Å². The number of piperazine rings is 1. The van der Waals surface area contributed by atoms with Crippen molar-refractivity contribution >= 4 is 23.2 Å². The van der Waals surface area contributed by atoms with Crippen LogP contribution in [0.1, 0.15) is 11.1 Å². The number of anilines is 2. The number of rotatable bonds is 3. The van der Waals surface area contributed by atoms with E-state index in [1.807, 2.05) is 61.2 Å². The molecule has 0 spiro atoms. The van der Waals surface area contributed by atoms with Crippen LogP contribution in [-0.2, 0) is 0 Å². The van der Waals surface area contributed by atoms with Crippen LogP contribution >= 0.6 is 0 Å². The minimum Gasteiger partial charge on any atom is -0.461 e. The quantitative estimate of drug-likeness (QED) is 0.550. The SMILES string of the molecule is Cc1cccc(NC(=O)N2CCN(c3ccc4nnc(-c5ccco5)n4n3)CC2)c1C. The Hall–Kier alpha value is -3.88. The number of nitrogens with zero attached hydrogens (tertiary/aromatic N) is 6. The molecule has 1 aliphatic rings. The highest BCUT2D eigenvalue weighted by Crippen LogP contribution is 2.22. The number of aromatic nitrogens is 4.